The quantitative estimate of drug-likeness (QED) is 0.795. The van der Waals surface area contributed by atoms with Crippen LogP contribution in [0.5, 0.6) is 0 Å². The Morgan fingerprint density at radius 2 is 2.16 bits per heavy atom. The van der Waals surface area contributed by atoms with E-state index < -0.39 is 0 Å². The van der Waals surface area contributed by atoms with Gasteiger partial charge in [0.05, 0.1) is 30.0 Å². The van der Waals surface area contributed by atoms with E-state index in [1.807, 2.05) is 21.8 Å². The molecule has 1 amide bonds. The van der Waals surface area contributed by atoms with Gasteiger partial charge < -0.3 is 4.90 Å². The highest BCUT2D eigenvalue weighted by atomic mass is 19.1. The first-order chi connectivity index (χ1) is 12.2. The number of halogens is 1. The van der Waals surface area contributed by atoms with Gasteiger partial charge in [0.25, 0.3) is 5.91 Å². The van der Waals surface area contributed by atoms with Crippen LogP contribution in [-0.2, 0) is 6.54 Å². The van der Waals surface area contributed by atoms with Crippen molar-refractivity contribution in [3.63, 3.8) is 0 Å². The number of carbonyl (C=O) groups excluding carboxylic acids is 1. The zero-order valence-corrected chi connectivity index (χ0v) is 13.6. The molecule has 128 valence electrons. The third kappa shape index (κ3) is 3.05. The summed E-state index contributed by atoms with van der Waals surface area (Å²) in [5, 5.41) is 11.1. The lowest BCUT2D eigenvalue weighted by atomic mass is 10.1. The van der Waals surface area contributed by atoms with Crippen molar-refractivity contribution in [1.29, 1.82) is 0 Å². The van der Waals surface area contributed by atoms with Gasteiger partial charge in [-0.05, 0) is 43.2 Å². The molecule has 3 aromatic rings. The molecule has 3 heterocycles. The van der Waals surface area contributed by atoms with E-state index in [0.717, 1.165) is 24.9 Å². The molecule has 1 saturated heterocycles. The van der Waals surface area contributed by atoms with Crippen LogP contribution in [0.3, 0.4) is 0 Å². The summed E-state index contributed by atoms with van der Waals surface area (Å²) in [6, 6.07) is 8.03. The third-order valence-electron chi connectivity index (χ3n) is 4.60. The molecule has 1 atom stereocenters. The second-order valence-electron chi connectivity index (χ2n) is 6.19. The molecular weight excluding hydrogens is 321 g/mol. The summed E-state index contributed by atoms with van der Waals surface area (Å²) >= 11 is 0. The number of aromatic amines is 1. The van der Waals surface area contributed by atoms with Crippen molar-refractivity contribution >= 4 is 5.91 Å². The molecule has 1 aliphatic rings. The van der Waals surface area contributed by atoms with E-state index in [2.05, 4.69) is 15.3 Å². The zero-order chi connectivity index (χ0) is 17.2. The Labute approximate surface area is 144 Å². The second kappa shape index (κ2) is 6.51. The van der Waals surface area contributed by atoms with Gasteiger partial charge in [0.2, 0.25) is 0 Å². The van der Waals surface area contributed by atoms with Gasteiger partial charge in [0.15, 0.2) is 0 Å². The molecule has 0 saturated carbocycles. The number of nitrogens with zero attached hydrogens (tertiary/aromatic N) is 4. The molecule has 0 bridgehead atoms. The van der Waals surface area contributed by atoms with Crippen LogP contribution >= 0.6 is 0 Å². The second-order valence-corrected chi connectivity index (χ2v) is 6.19. The van der Waals surface area contributed by atoms with Crippen molar-refractivity contribution in [3.05, 3.63) is 60.3 Å². The van der Waals surface area contributed by atoms with Crippen LogP contribution in [0.1, 0.15) is 23.2 Å². The Morgan fingerprint density at radius 3 is 2.92 bits per heavy atom. The molecule has 1 aliphatic heterocycles. The third-order valence-corrected chi connectivity index (χ3v) is 4.60. The fourth-order valence-electron chi connectivity index (χ4n) is 3.36. The van der Waals surface area contributed by atoms with Crippen molar-refractivity contribution in [3.8, 4) is 11.3 Å². The molecule has 1 N–H and O–H groups in total. The normalized spacial score (nSPS) is 17.2. The molecule has 6 nitrogen and oxygen atoms in total. The number of benzene rings is 1. The van der Waals surface area contributed by atoms with Gasteiger partial charge in [0, 0.05) is 24.5 Å². The fourth-order valence-corrected chi connectivity index (χ4v) is 3.36. The van der Waals surface area contributed by atoms with Crippen LogP contribution in [0.4, 0.5) is 4.39 Å². The number of nitrogens with one attached hydrogen (secondary N) is 1. The number of hydrogen-bond acceptors (Lipinski definition) is 3. The fraction of sp³-hybridized carbons (Fsp3) is 0.278. The maximum atomic E-state index is 13.2. The first kappa shape index (κ1) is 15.6. The van der Waals surface area contributed by atoms with E-state index in [-0.39, 0.29) is 17.8 Å². The number of carbonyl (C=O) groups is 1. The lowest BCUT2D eigenvalue weighted by molar-refractivity contribution is 0.0722. The van der Waals surface area contributed by atoms with Gasteiger partial charge in [-0.3, -0.25) is 14.6 Å². The highest BCUT2D eigenvalue weighted by Crippen LogP contribution is 2.26. The Morgan fingerprint density at radius 1 is 1.32 bits per heavy atom. The minimum atomic E-state index is -0.310. The highest BCUT2D eigenvalue weighted by molar-refractivity contribution is 6.00. The molecule has 4 rings (SSSR count). The number of rotatable bonds is 4. The van der Waals surface area contributed by atoms with E-state index in [1.165, 1.54) is 12.1 Å². The highest BCUT2D eigenvalue weighted by Gasteiger charge is 2.31. The van der Waals surface area contributed by atoms with Gasteiger partial charge in [-0.15, -0.1) is 0 Å². The minimum absolute atomic E-state index is 0.0530. The molecular formula is C18H18FN5O. The summed E-state index contributed by atoms with van der Waals surface area (Å²) in [6.07, 6.45) is 7.12. The zero-order valence-electron chi connectivity index (χ0n) is 13.6. The van der Waals surface area contributed by atoms with E-state index >= 15 is 0 Å². The van der Waals surface area contributed by atoms with Crippen molar-refractivity contribution in [2.24, 2.45) is 0 Å². The lowest BCUT2D eigenvalue weighted by Gasteiger charge is -2.24. The van der Waals surface area contributed by atoms with Crippen LogP contribution in [0, 0.1) is 5.82 Å². The minimum Gasteiger partial charge on any atom is -0.334 e. The van der Waals surface area contributed by atoms with Crippen LogP contribution in [0.15, 0.2) is 48.9 Å². The summed E-state index contributed by atoms with van der Waals surface area (Å²) in [6.45, 7) is 1.40. The predicted octanol–water partition coefficient (Wildman–Crippen LogP) is 2.72. The molecule has 0 spiro atoms. The number of hydrogen-bond donors (Lipinski definition) is 1. The lowest BCUT2D eigenvalue weighted by Crippen LogP contribution is -2.38. The van der Waals surface area contributed by atoms with Gasteiger partial charge in [0.1, 0.15) is 5.82 Å². The SMILES string of the molecule is O=C(c1cn[nH]c1-c1ccc(F)cc1)N1CCC[C@H]1Cn1cccn1. The Hall–Kier alpha value is -2.96. The summed E-state index contributed by atoms with van der Waals surface area (Å²) in [5.74, 6) is -0.363. The standard InChI is InChI=1S/C18H18FN5O/c19-14-6-4-13(5-7-14)17-16(11-20-22-17)18(25)24-10-1-3-15(24)12-23-9-2-8-21-23/h2,4-9,11,15H,1,3,10,12H2,(H,20,22)/t15-/m0/s1. The number of aromatic nitrogens is 4. The van der Waals surface area contributed by atoms with Crippen molar-refractivity contribution in [2.45, 2.75) is 25.4 Å². The van der Waals surface area contributed by atoms with Crippen LogP contribution in [-0.4, -0.2) is 43.4 Å². The predicted molar refractivity (Wildman–Crippen MR) is 90.3 cm³/mol. The van der Waals surface area contributed by atoms with Crippen LogP contribution in [0.2, 0.25) is 0 Å². The maximum absolute atomic E-state index is 13.2. The monoisotopic (exact) mass is 339 g/mol. The first-order valence-electron chi connectivity index (χ1n) is 8.30. The summed E-state index contributed by atoms with van der Waals surface area (Å²) < 4.78 is 15.0. The van der Waals surface area contributed by atoms with Crippen molar-refractivity contribution in [1.82, 2.24) is 24.9 Å². The molecule has 7 heteroatoms. The summed E-state index contributed by atoms with van der Waals surface area (Å²) in [7, 11) is 0. The largest absolute Gasteiger partial charge is 0.334 e. The van der Waals surface area contributed by atoms with Crippen molar-refractivity contribution in [2.75, 3.05) is 6.54 Å². The molecule has 0 unspecified atom stereocenters. The van der Waals surface area contributed by atoms with Gasteiger partial charge in [-0.1, -0.05) is 0 Å². The number of H-pyrrole nitrogens is 1. The molecule has 1 aromatic carbocycles. The topological polar surface area (TPSA) is 66.8 Å². The Bertz CT molecular complexity index is 856. The van der Waals surface area contributed by atoms with Crippen molar-refractivity contribution < 1.29 is 9.18 Å². The molecule has 0 radical (unpaired) electrons. The number of amides is 1. The summed E-state index contributed by atoms with van der Waals surface area (Å²) in [5.41, 5.74) is 1.87. The first-order valence-corrected chi connectivity index (χ1v) is 8.30. The average molecular weight is 339 g/mol. The smallest absolute Gasteiger partial charge is 0.258 e. The number of likely N-dealkylation sites (tertiary alicyclic amines) is 1. The average Bonchev–Trinajstić information content (AvgIpc) is 3.37. The maximum Gasteiger partial charge on any atom is 0.258 e. The molecule has 1 fully saturated rings. The van der Waals surface area contributed by atoms with E-state index in [4.69, 9.17) is 0 Å². The molecule has 0 aliphatic carbocycles. The van der Waals surface area contributed by atoms with E-state index in [1.54, 1.807) is 24.5 Å². The van der Waals surface area contributed by atoms with Gasteiger partial charge in [-0.25, -0.2) is 4.39 Å². The Kier molecular flexibility index (Phi) is 4.05. The molecule has 25 heavy (non-hydrogen) atoms. The van der Waals surface area contributed by atoms with E-state index in [9.17, 15) is 9.18 Å². The molecule has 2 aromatic heterocycles. The Balaban J connectivity index is 1.58. The summed E-state index contributed by atoms with van der Waals surface area (Å²) in [4.78, 5) is 15.0. The van der Waals surface area contributed by atoms with Crippen LogP contribution in [0.25, 0.3) is 11.3 Å². The van der Waals surface area contributed by atoms with E-state index in [0.29, 0.717) is 17.8 Å². The van der Waals surface area contributed by atoms with Crippen LogP contribution < -0.4 is 0 Å². The van der Waals surface area contributed by atoms with Gasteiger partial charge in [-0.2, -0.15) is 10.2 Å². The van der Waals surface area contributed by atoms with Gasteiger partial charge >= 0.3 is 0 Å².